The molecule has 0 aliphatic carbocycles. The molecule has 0 N–H and O–H groups in total. The lowest BCUT2D eigenvalue weighted by molar-refractivity contribution is 0.321. The molecule has 0 radical (unpaired) electrons. The quantitative estimate of drug-likeness (QED) is 0.420. The third kappa shape index (κ3) is 4.38. The van der Waals surface area contributed by atoms with Gasteiger partial charge in [-0.05, 0) is 17.0 Å². The molecule has 0 aliphatic rings. The summed E-state index contributed by atoms with van der Waals surface area (Å²) >= 11 is 1.59. The standard InChI is InChI=1S/C22H20N4O3S/c1-27-21-16(14-23-22(24-21)28-2)17-13-18(20(26-25-17)19-9-6-12-30-19)29-11-10-15-7-4-3-5-8-15/h3-9,12-14H,10-11H2,1-2H3. The van der Waals surface area contributed by atoms with Crippen molar-refractivity contribution in [3.05, 3.63) is 65.7 Å². The maximum atomic E-state index is 6.14. The second kappa shape index (κ2) is 9.32. The van der Waals surface area contributed by atoms with Gasteiger partial charge in [-0.25, -0.2) is 4.98 Å². The Labute approximate surface area is 178 Å². The van der Waals surface area contributed by atoms with Gasteiger partial charge >= 0.3 is 6.01 Å². The number of thiophene rings is 1. The molecule has 30 heavy (non-hydrogen) atoms. The van der Waals surface area contributed by atoms with Crippen molar-refractivity contribution in [2.45, 2.75) is 6.42 Å². The van der Waals surface area contributed by atoms with Gasteiger partial charge in [-0.3, -0.25) is 0 Å². The van der Waals surface area contributed by atoms with E-state index in [2.05, 4.69) is 32.3 Å². The van der Waals surface area contributed by atoms with Gasteiger partial charge in [0.2, 0.25) is 5.88 Å². The summed E-state index contributed by atoms with van der Waals surface area (Å²) in [5.74, 6) is 1.01. The Morgan fingerprint density at radius 2 is 1.83 bits per heavy atom. The van der Waals surface area contributed by atoms with Crippen LogP contribution < -0.4 is 14.2 Å². The van der Waals surface area contributed by atoms with Crippen molar-refractivity contribution >= 4 is 11.3 Å². The second-order valence-electron chi connectivity index (χ2n) is 6.28. The minimum Gasteiger partial charge on any atom is -0.491 e. The van der Waals surface area contributed by atoms with Crippen molar-refractivity contribution < 1.29 is 14.2 Å². The van der Waals surface area contributed by atoms with Crippen LogP contribution >= 0.6 is 11.3 Å². The Morgan fingerprint density at radius 1 is 0.967 bits per heavy atom. The summed E-state index contributed by atoms with van der Waals surface area (Å²) in [6, 6.07) is 16.3. The highest BCUT2D eigenvalue weighted by atomic mass is 32.1. The van der Waals surface area contributed by atoms with Gasteiger partial charge in [0.05, 0.1) is 31.3 Å². The van der Waals surface area contributed by atoms with Crippen LogP contribution in [0.4, 0.5) is 0 Å². The number of nitrogens with zero attached hydrogens (tertiary/aromatic N) is 4. The average molecular weight is 420 g/mol. The molecule has 152 valence electrons. The second-order valence-corrected chi connectivity index (χ2v) is 7.23. The molecule has 0 spiro atoms. The lowest BCUT2D eigenvalue weighted by Crippen LogP contribution is -2.05. The van der Waals surface area contributed by atoms with E-state index < -0.39 is 0 Å². The van der Waals surface area contributed by atoms with E-state index in [1.54, 1.807) is 17.5 Å². The number of methoxy groups -OCH3 is 2. The van der Waals surface area contributed by atoms with Gasteiger partial charge in [0.1, 0.15) is 11.4 Å². The van der Waals surface area contributed by atoms with Gasteiger partial charge in [0.15, 0.2) is 5.75 Å². The van der Waals surface area contributed by atoms with Crippen LogP contribution in [0.25, 0.3) is 21.8 Å². The summed E-state index contributed by atoms with van der Waals surface area (Å²) in [6.45, 7) is 0.518. The van der Waals surface area contributed by atoms with E-state index >= 15 is 0 Å². The highest BCUT2D eigenvalue weighted by molar-refractivity contribution is 7.13. The molecule has 0 amide bonds. The van der Waals surface area contributed by atoms with Crippen LogP contribution in [-0.4, -0.2) is 41.0 Å². The SMILES string of the molecule is COc1ncc(-c2cc(OCCc3ccccc3)c(-c3cccs3)nn2)c(OC)n1. The van der Waals surface area contributed by atoms with Gasteiger partial charge in [-0.2, -0.15) is 4.98 Å². The van der Waals surface area contributed by atoms with Crippen LogP contribution in [0.15, 0.2) is 60.1 Å². The van der Waals surface area contributed by atoms with E-state index in [1.807, 2.05) is 41.8 Å². The monoisotopic (exact) mass is 420 g/mol. The van der Waals surface area contributed by atoms with E-state index in [-0.39, 0.29) is 6.01 Å². The highest BCUT2D eigenvalue weighted by Crippen LogP contribution is 2.35. The minimum absolute atomic E-state index is 0.220. The Hall–Kier alpha value is -3.52. The Kier molecular flexibility index (Phi) is 6.14. The van der Waals surface area contributed by atoms with E-state index in [1.165, 1.54) is 19.8 Å². The first kappa shape index (κ1) is 19.8. The zero-order chi connectivity index (χ0) is 20.8. The maximum Gasteiger partial charge on any atom is 0.319 e. The molecular formula is C22H20N4O3S. The molecule has 8 heteroatoms. The van der Waals surface area contributed by atoms with Crippen LogP contribution in [0, 0.1) is 0 Å². The lowest BCUT2D eigenvalue weighted by Gasteiger charge is -2.12. The summed E-state index contributed by atoms with van der Waals surface area (Å²) in [5, 5.41) is 10.8. The van der Waals surface area contributed by atoms with Crippen LogP contribution in [0.3, 0.4) is 0 Å². The zero-order valence-electron chi connectivity index (χ0n) is 16.6. The first-order valence-electron chi connectivity index (χ1n) is 9.32. The van der Waals surface area contributed by atoms with Crippen molar-refractivity contribution in [2.24, 2.45) is 0 Å². The largest absolute Gasteiger partial charge is 0.491 e. The Bertz CT molecular complexity index is 1100. The number of hydrogen-bond acceptors (Lipinski definition) is 8. The van der Waals surface area contributed by atoms with E-state index in [9.17, 15) is 0 Å². The Balaban J connectivity index is 1.66. The van der Waals surface area contributed by atoms with Crippen LogP contribution in [0.5, 0.6) is 17.6 Å². The number of aromatic nitrogens is 4. The fraction of sp³-hybridized carbons (Fsp3) is 0.182. The summed E-state index contributed by atoms with van der Waals surface area (Å²) < 4.78 is 16.6. The zero-order valence-corrected chi connectivity index (χ0v) is 17.4. The van der Waals surface area contributed by atoms with Gasteiger partial charge in [-0.1, -0.05) is 36.4 Å². The van der Waals surface area contributed by atoms with Crippen molar-refractivity contribution in [3.63, 3.8) is 0 Å². The number of rotatable bonds is 8. The Morgan fingerprint density at radius 3 is 2.57 bits per heavy atom. The first-order valence-corrected chi connectivity index (χ1v) is 10.2. The van der Waals surface area contributed by atoms with E-state index in [0.29, 0.717) is 35.2 Å². The number of benzene rings is 1. The van der Waals surface area contributed by atoms with E-state index in [4.69, 9.17) is 14.2 Å². The molecule has 3 aromatic heterocycles. The molecule has 0 bridgehead atoms. The fourth-order valence-electron chi connectivity index (χ4n) is 2.90. The molecule has 0 saturated carbocycles. The normalized spacial score (nSPS) is 10.6. The third-order valence-electron chi connectivity index (χ3n) is 4.39. The highest BCUT2D eigenvalue weighted by Gasteiger charge is 2.17. The van der Waals surface area contributed by atoms with Crippen molar-refractivity contribution in [3.8, 4) is 39.5 Å². The smallest absolute Gasteiger partial charge is 0.319 e. The van der Waals surface area contributed by atoms with Crippen LogP contribution in [0.1, 0.15) is 5.56 Å². The summed E-state index contributed by atoms with van der Waals surface area (Å²) in [6.07, 6.45) is 2.39. The molecule has 0 unspecified atom stereocenters. The van der Waals surface area contributed by atoms with Gasteiger partial charge < -0.3 is 14.2 Å². The van der Waals surface area contributed by atoms with Crippen LogP contribution in [-0.2, 0) is 6.42 Å². The van der Waals surface area contributed by atoms with E-state index in [0.717, 1.165) is 11.3 Å². The topological polar surface area (TPSA) is 79.2 Å². The minimum atomic E-state index is 0.220. The van der Waals surface area contributed by atoms with Crippen molar-refractivity contribution in [1.29, 1.82) is 0 Å². The lowest BCUT2D eigenvalue weighted by atomic mass is 10.1. The molecule has 0 fully saturated rings. The predicted molar refractivity (Wildman–Crippen MR) is 115 cm³/mol. The molecule has 7 nitrogen and oxygen atoms in total. The number of ether oxygens (including phenoxy) is 3. The summed E-state index contributed by atoms with van der Waals surface area (Å²) in [5.41, 5.74) is 3.08. The summed E-state index contributed by atoms with van der Waals surface area (Å²) in [4.78, 5) is 9.38. The van der Waals surface area contributed by atoms with Crippen LogP contribution in [0.2, 0.25) is 0 Å². The molecule has 0 aliphatic heterocycles. The molecule has 4 aromatic rings. The molecule has 0 atom stereocenters. The third-order valence-corrected chi connectivity index (χ3v) is 5.26. The van der Waals surface area contributed by atoms with Gasteiger partial charge in [-0.15, -0.1) is 21.5 Å². The van der Waals surface area contributed by atoms with Gasteiger partial charge in [0.25, 0.3) is 0 Å². The molecular weight excluding hydrogens is 400 g/mol. The summed E-state index contributed by atoms with van der Waals surface area (Å²) in [7, 11) is 3.04. The average Bonchev–Trinajstić information content (AvgIpc) is 3.34. The van der Waals surface area contributed by atoms with Crippen molar-refractivity contribution in [1.82, 2.24) is 20.2 Å². The molecule has 1 aromatic carbocycles. The fourth-order valence-corrected chi connectivity index (χ4v) is 3.62. The molecule has 3 heterocycles. The molecule has 4 rings (SSSR count). The maximum absolute atomic E-state index is 6.14. The number of hydrogen-bond donors (Lipinski definition) is 0. The molecule has 0 saturated heterocycles. The van der Waals surface area contributed by atoms with Gasteiger partial charge in [0, 0.05) is 18.7 Å². The predicted octanol–water partition coefficient (Wildman–Crippen LogP) is 4.30. The first-order chi connectivity index (χ1) is 14.8. The van der Waals surface area contributed by atoms with Crippen molar-refractivity contribution in [2.75, 3.05) is 20.8 Å².